The number of esters is 1. The van der Waals surface area contributed by atoms with E-state index >= 15 is 0 Å². The third kappa shape index (κ3) is 5.04. The van der Waals surface area contributed by atoms with Gasteiger partial charge in [0.1, 0.15) is 11.4 Å². The summed E-state index contributed by atoms with van der Waals surface area (Å²) in [5.74, 6) is 0.519. The Balaban J connectivity index is 1.44. The van der Waals surface area contributed by atoms with Crippen molar-refractivity contribution in [2.45, 2.75) is 57.4 Å². The zero-order valence-electron chi connectivity index (χ0n) is 19.0. The van der Waals surface area contributed by atoms with Crippen molar-refractivity contribution in [3.05, 3.63) is 40.8 Å². The molecule has 33 heavy (non-hydrogen) atoms. The molecule has 0 atom stereocenters. The van der Waals surface area contributed by atoms with E-state index in [0.717, 1.165) is 36.9 Å². The summed E-state index contributed by atoms with van der Waals surface area (Å²) in [5.41, 5.74) is -0.0561. The number of piperidine rings is 1. The van der Waals surface area contributed by atoms with Crippen LogP contribution in [0.1, 0.15) is 67.8 Å². The predicted molar refractivity (Wildman–Crippen MR) is 126 cm³/mol. The number of nitrogens with one attached hydrogen (secondary N) is 1. The van der Waals surface area contributed by atoms with E-state index in [1.165, 1.54) is 16.8 Å². The quantitative estimate of drug-likeness (QED) is 0.639. The molecule has 4 rings (SSSR count). The van der Waals surface area contributed by atoms with Crippen LogP contribution < -0.4 is 5.32 Å². The maximum absolute atomic E-state index is 12.9. The zero-order valence-corrected chi connectivity index (χ0v) is 19.8. The monoisotopic (exact) mass is 473 g/mol. The van der Waals surface area contributed by atoms with Gasteiger partial charge in [-0.25, -0.2) is 13.2 Å². The molecule has 1 aromatic rings. The van der Waals surface area contributed by atoms with Gasteiger partial charge in [0.25, 0.3) is 5.91 Å². The Morgan fingerprint density at radius 2 is 1.91 bits per heavy atom. The number of carbonyl (C=O) groups excluding carboxylic acids is 2. The van der Waals surface area contributed by atoms with Crippen LogP contribution in [0, 0.1) is 5.92 Å². The minimum Gasteiger partial charge on any atom is -0.462 e. The fourth-order valence-corrected chi connectivity index (χ4v) is 6.03. The molecule has 178 valence electrons. The minimum absolute atomic E-state index is 0.0981. The highest BCUT2D eigenvalue weighted by atomic mass is 32.2. The number of amides is 1. The second-order valence-electron chi connectivity index (χ2n) is 8.87. The van der Waals surface area contributed by atoms with Crippen molar-refractivity contribution in [1.29, 1.82) is 0 Å². The number of nitrogens with zero attached hydrogens (tertiary/aromatic N) is 2. The van der Waals surface area contributed by atoms with Gasteiger partial charge in [-0.1, -0.05) is 37.5 Å². The molecule has 2 aliphatic heterocycles. The van der Waals surface area contributed by atoms with Crippen LogP contribution in [-0.2, 0) is 19.6 Å². The first kappa shape index (κ1) is 23.6. The molecule has 1 amide bonds. The molecule has 1 spiro atoms. The van der Waals surface area contributed by atoms with Crippen molar-refractivity contribution in [2.24, 2.45) is 10.9 Å². The largest absolute Gasteiger partial charge is 0.462 e. The van der Waals surface area contributed by atoms with Gasteiger partial charge in [-0.05, 0) is 50.3 Å². The van der Waals surface area contributed by atoms with Crippen LogP contribution >= 0.6 is 0 Å². The topological polar surface area (TPSA) is 105 Å². The van der Waals surface area contributed by atoms with Gasteiger partial charge >= 0.3 is 5.97 Å². The summed E-state index contributed by atoms with van der Waals surface area (Å²) >= 11 is 0. The van der Waals surface area contributed by atoms with E-state index in [1.54, 1.807) is 31.2 Å². The van der Waals surface area contributed by atoms with Gasteiger partial charge < -0.3 is 10.1 Å². The number of hydrogen-bond donors (Lipinski definition) is 1. The number of amidine groups is 1. The Morgan fingerprint density at radius 3 is 2.61 bits per heavy atom. The molecule has 2 heterocycles. The highest BCUT2D eigenvalue weighted by Gasteiger charge is 2.48. The van der Waals surface area contributed by atoms with Crippen molar-refractivity contribution in [3.63, 3.8) is 0 Å². The van der Waals surface area contributed by atoms with E-state index < -0.39 is 21.5 Å². The fourth-order valence-electron chi connectivity index (χ4n) is 4.84. The molecular weight excluding hydrogens is 442 g/mol. The van der Waals surface area contributed by atoms with Crippen molar-refractivity contribution in [1.82, 2.24) is 9.62 Å². The third-order valence-electron chi connectivity index (χ3n) is 6.78. The molecule has 2 fully saturated rings. The summed E-state index contributed by atoms with van der Waals surface area (Å²) in [6.45, 7) is 2.40. The maximum atomic E-state index is 12.9. The second-order valence-corrected chi connectivity index (χ2v) is 10.7. The SMILES string of the molecule is CCOC(=O)c1ccccc1C=CS(=O)(=O)N1CCC2(CC1)N=C(C1CCCCC1)NC2=O. The van der Waals surface area contributed by atoms with Gasteiger partial charge in [-0.15, -0.1) is 0 Å². The highest BCUT2D eigenvalue weighted by Crippen LogP contribution is 2.35. The van der Waals surface area contributed by atoms with Crippen LogP contribution in [0.2, 0.25) is 0 Å². The van der Waals surface area contributed by atoms with Gasteiger partial charge in [0.05, 0.1) is 12.2 Å². The molecule has 1 aliphatic carbocycles. The molecule has 1 saturated carbocycles. The van der Waals surface area contributed by atoms with Gasteiger partial charge in [0.15, 0.2) is 0 Å². The summed E-state index contributed by atoms with van der Waals surface area (Å²) in [7, 11) is -3.71. The lowest BCUT2D eigenvalue weighted by Crippen LogP contribution is -2.50. The van der Waals surface area contributed by atoms with Crippen molar-refractivity contribution in [2.75, 3.05) is 19.7 Å². The second kappa shape index (κ2) is 9.77. The average molecular weight is 474 g/mol. The number of benzene rings is 1. The fraction of sp³-hybridized carbons (Fsp3) is 0.542. The molecule has 8 nitrogen and oxygen atoms in total. The molecule has 1 aromatic carbocycles. The lowest BCUT2D eigenvalue weighted by molar-refractivity contribution is -0.125. The van der Waals surface area contributed by atoms with E-state index in [9.17, 15) is 18.0 Å². The first-order chi connectivity index (χ1) is 15.8. The summed E-state index contributed by atoms with van der Waals surface area (Å²) in [5, 5.41) is 4.12. The van der Waals surface area contributed by atoms with E-state index in [-0.39, 0.29) is 25.6 Å². The van der Waals surface area contributed by atoms with Gasteiger partial charge in [-0.3, -0.25) is 9.79 Å². The summed E-state index contributed by atoms with van der Waals surface area (Å²) in [6.07, 6.45) is 7.79. The molecule has 0 radical (unpaired) electrons. The van der Waals surface area contributed by atoms with Gasteiger partial charge in [0.2, 0.25) is 10.0 Å². The van der Waals surface area contributed by atoms with E-state index in [1.807, 2.05) is 0 Å². The summed E-state index contributed by atoms with van der Waals surface area (Å²) in [6, 6.07) is 6.72. The first-order valence-electron chi connectivity index (χ1n) is 11.7. The number of aliphatic imine (C=N–C) groups is 1. The number of rotatable bonds is 6. The number of ether oxygens (including phenoxy) is 1. The number of carbonyl (C=O) groups is 2. The molecule has 0 aromatic heterocycles. The van der Waals surface area contributed by atoms with Crippen LogP contribution in [0.15, 0.2) is 34.7 Å². The van der Waals surface area contributed by atoms with E-state index in [4.69, 9.17) is 9.73 Å². The van der Waals surface area contributed by atoms with E-state index in [0.29, 0.717) is 29.9 Å². The Morgan fingerprint density at radius 1 is 1.21 bits per heavy atom. The Hall–Kier alpha value is -2.52. The maximum Gasteiger partial charge on any atom is 0.338 e. The van der Waals surface area contributed by atoms with Crippen LogP contribution in [0.25, 0.3) is 6.08 Å². The zero-order chi connectivity index (χ0) is 23.5. The van der Waals surface area contributed by atoms with E-state index in [2.05, 4.69) is 5.32 Å². The third-order valence-corrected chi connectivity index (χ3v) is 8.34. The van der Waals surface area contributed by atoms with Gasteiger partial charge in [0, 0.05) is 24.4 Å². The average Bonchev–Trinajstić information content (AvgIpc) is 3.14. The molecule has 3 aliphatic rings. The van der Waals surface area contributed by atoms with Crippen LogP contribution in [-0.4, -0.2) is 55.7 Å². The first-order valence-corrected chi connectivity index (χ1v) is 13.2. The number of sulfonamides is 1. The molecule has 0 unspecified atom stereocenters. The van der Waals surface area contributed by atoms with Crippen molar-refractivity contribution >= 4 is 33.8 Å². The minimum atomic E-state index is -3.71. The molecule has 1 N–H and O–H groups in total. The Kier molecular flexibility index (Phi) is 6.99. The van der Waals surface area contributed by atoms with Crippen molar-refractivity contribution in [3.8, 4) is 0 Å². The highest BCUT2D eigenvalue weighted by molar-refractivity contribution is 7.92. The molecular formula is C24H31N3O5S. The van der Waals surface area contributed by atoms with Crippen LogP contribution in [0.5, 0.6) is 0 Å². The van der Waals surface area contributed by atoms with Gasteiger partial charge in [-0.2, -0.15) is 4.31 Å². The predicted octanol–water partition coefficient (Wildman–Crippen LogP) is 3.11. The lowest BCUT2D eigenvalue weighted by atomic mass is 9.88. The molecule has 9 heteroatoms. The number of hydrogen-bond acceptors (Lipinski definition) is 6. The normalized spacial score (nSPS) is 21.8. The molecule has 0 bridgehead atoms. The lowest BCUT2D eigenvalue weighted by Gasteiger charge is -2.34. The standard InChI is InChI=1S/C24H31N3O5S/c1-2-32-22(28)20-11-7-6-8-18(20)12-17-33(30,31)27-15-13-24(14-16-27)23(29)25-21(26-24)19-9-4-3-5-10-19/h6-8,11-12,17,19H,2-5,9-10,13-16H2,1H3,(H,25,26,29). The van der Waals surface area contributed by atoms with Crippen LogP contribution in [0.4, 0.5) is 0 Å². The van der Waals surface area contributed by atoms with Crippen molar-refractivity contribution < 1.29 is 22.7 Å². The summed E-state index contributed by atoms with van der Waals surface area (Å²) in [4.78, 5) is 29.7. The van der Waals surface area contributed by atoms with Crippen LogP contribution in [0.3, 0.4) is 0 Å². The Labute approximate surface area is 195 Å². The smallest absolute Gasteiger partial charge is 0.338 e. The Bertz CT molecular complexity index is 1070. The molecule has 1 saturated heterocycles. The summed E-state index contributed by atoms with van der Waals surface area (Å²) < 4.78 is 32.3.